The molecule has 3 aromatic rings. The minimum absolute atomic E-state index is 0.0117. The molecule has 3 aromatic carbocycles. The number of nitrogens with zero attached hydrogens (tertiary/aromatic N) is 1. The van der Waals surface area contributed by atoms with Crippen LogP contribution in [0, 0.1) is 13.8 Å². The summed E-state index contributed by atoms with van der Waals surface area (Å²) < 4.78 is 5.40. The molecule has 1 aliphatic rings. The summed E-state index contributed by atoms with van der Waals surface area (Å²) in [6, 6.07) is 19.1. The number of carbonyl (C=O) groups is 3. The highest BCUT2D eigenvalue weighted by molar-refractivity contribution is 6.53. The highest BCUT2D eigenvalue weighted by Crippen LogP contribution is 2.31. The van der Waals surface area contributed by atoms with Gasteiger partial charge in [0.1, 0.15) is 16.5 Å². The summed E-state index contributed by atoms with van der Waals surface area (Å²) in [5, 5.41) is 5.56. The highest BCUT2D eigenvalue weighted by atomic mass is 35.5. The molecule has 7 nitrogen and oxygen atoms in total. The first-order chi connectivity index (χ1) is 16.8. The van der Waals surface area contributed by atoms with E-state index >= 15 is 0 Å². The van der Waals surface area contributed by atoms with E-state index in [0.29, 0.717) is 29.2 Å². The normalized spacial score (nSPS) is 13.3. The first-order valence-electron chi connectivity index (χ1n) is 11.0. The molecule has 0 unspecified atom stereocenters. The van der Waals surface area contributed by atoms with E-state index in [4.69, 9.17) is 16.3 Å². The van der Waals surface area contributed by atoms with Crippen molar-refractivity contribution in [2.75, 3.05) is 22.1 Å². The minimum atomic E-state index is -0.587. The second kappa shape index (κ2) is 10.0. The molecule has 0 saturated heterocycles. The zero-order valence-corrected chi connectivity index (χ0v) is 20.3. The number of halogens is 1. The lowest BCUT2D eigenvalue weighted by molar-refractivity contribution is -0.120. The SMILES string of the molecule is CCOc1ccc(NC(=O)c2ccc(NC3=C(Cl)C(=O)N(c4cc(C)cc(C)c4)C3=O)cc2)cc1. The van der Waals surface area contributed by atoms with Gasteiger partial charge in [0.15, 0.2) is 0 Å². The van der Waals surface area contributed by atoms with Gasteiger partial charge in [0.25, 0.3) is 17.7 Å². The molecule has 1 aliphatic heterocycles. The van der Waals surface area contributed by atoms with Gasteiger partial charge < -0.3 is 15.4 Å². The number of rotatable bonds is 7. The molecule has 0 aromatic heterocycles. The molecular formula is C27H24ClN3O4. The van der Waals surface area contributed by atoms with Crippen LogP contribution in [-0.2, 0) is 9.59 Å². The molecule has 0 spiro atoms. The van der Waals surface area contributed by atoms with E-state index in [-0.39, 0.29) is 16.6 Å². The van der Waals surface area contributed by atoms with Crippen LogP contribution in [0.15, 0.2) is 77.5 Å². The Bertz CT molecular complexity index is 1310. The van der Waals surface area contributed by atoms with Crippen molar-refractivity contribution in [3.05, 3.63) is 94.1 Å². The monoisotopic (exact) mass is 489 g/mol. The van der Waals surface area contributed by atoms with E-state index in [1.54, 1.807) is 60.7 Å². The second-order valence-electron chi connectivity index (χ2n) is 8.09. The van der Waals surface area contributed by atoms with Gasteiger partial charge in [-0.05, 0) is 92.6 Å². The predicted molar refractivity (Wildman–Crippen MR) is 137 cm³/mol. The lowest BCUT2D eigenvalue weighted by atomic mass is 10.1. The van der Waals surface area contributed by atoms with Crippen molar-refractivity contribution in [2.24, 2.45) is 0 Å². The largest absolute Gasteiger partial charge is 0.494 e. The van der Waals surface area contributed by atoms with Crippen molar-refractivity contribution < 1.29 is 19.1 Å². The molecule has 0 aliphatic carbocycles. The van der Waals surface area contributed by atoms with Gasteiger partial charge >= 0.3 is 0 Å². The molecule has 0 saturated carbocycles. The summed E-state index contributed by atoms with van der Waals surface area (Å²) in [5.74, 6) is -0.686. The van der Waals surface area contributed by atoms with E-state index in [0.717, 1.165) is 21.8 Å². The van der Waals surface area contributed by atoms with Crippen LogP contribution in [0.1, 0.15) is 28.4 Å². The van der Waals surface area contributed by atoms with Crippen LogP contribution in [0.3, 0.4) is 0 Å². The summed E-state index contributed by atoms with van der Waals surface area (Å²) >= 11 is 6.23. The summed E-state index contributed by atoms with van der Waals surface area (Å²) in [6.45, 7) is 6.25. The third-order valence-corrected chi connectivity index (χ3v) is 5.68. The van der Waals surface area contributed by atoms with Crippen LogP contribution in [0.25, 0.3) is 0 Å². The molecule has 3 amide bonds. The van der Waals surface area contributed by atoms with Gasteiger partial charge in [0.2, 0.25) is 0 Å². The molecule has 8 heteroatoms. The number of anilines is 3. The van der Waals surface area contributed by atoms with E-state index in [1.165, 1.54) is 0 Å². The van der Waals surface area contributed by atoms with Gasteiger partial charge in [-0.25, -0.2) is 4.90 Å². The van der Waals surface area contributed by atoms with Crippen molar-refractivity contribution in [3.63, 3.8) is 0 Å². The predicted octanol–water partition coefficient (Wildman–Crippen LogP) is 5.39. The minimum Gasteiger partial charge on any atom is -0.494 e. The number of nitrogens with one attached hydrogen (secondary N) is 2. The van der Waals surface area contributed by atoms with Gasteiger partial charge in [0.05, 0.1) is 12.3 Å². The molecule has 0 radical (unpaired) electrons. The maximum Gasteiger partial charge on any atom is 0.283 e. The summed E-state index contributed by atoms with van der Waals surface area (Å²) in [6.07, 6.45) is 0. The number of aryl methyl sites for hydroxylation is 2. The maximum absolute atomic E-state index is 13.0. The zero-order valence-electron chi connectivity index (χ0n) is 19.5. The fourth-order valence-electron chi connectivity index (χ4n) is 3.78. The Labute approximate surface area is 208 Å². The van der Waals surface area contributed by atoms with Crippen LogP contribution in [0.4, 0.5) is 17.1 Å². The van der Waals surface area contributed by atoms with E-state index in [1.807, 2.05) is 26.8 Å². The lowest BCUT2D eigenvalue weighted by Gasteiger charge is -2.16. The average molecular weight is 490 g/mol. The van der Waals surface area contributed by atoms with Crippen LogP contribution in [-0.4, -0.2) is 24.3 Å². The van der Waals surface area contributed by atoms with E-state index in [9.17, 15) is 14.4 Å². The fraction of sp³-hybridized carbons (Fsp3) is 0.148. The molecule has 1 heterocycles. The van der Waals surface area contributed by atoms with E-state index in [2.05, 4.69) is 10.6 Å². The molecule has 4 rings (SSSR count). The molecule has 2 N–H and O–H groups in total. The van der Waals surface area contributed by atoms with Crippen molar-refractivity contribution in [3.8, 4) is 5.75 Å². The first kappa shape index (κ1) is 24.0. The molecule has 178 valence electrons. The Morgan fingerprint density at radius 2 is 1.49 bits per heavy atom. The van der Waals surface area contributed by atoms with Gasteiger partial charge in [-0.15, -0.1) is 0 Å². The number of benzene rings is 3. The fourth-order valence-corrected chi connectivity index (χ4v) is 3.99. The zero-order chi connectivity index (χ0) is 25.1. The molecule has 0 bridgehead atoms. The van der Waals surface area contributed by atoms with E-state index < -0.39 is 11.8 Å². The third kappa shape index (κ3) is 5.20. The summed E-state index contributed by atoms with van der Waals surface area (Å²) in [7, 11) is 0. The number of hydrogen-bond acceptors (Lipinski definition) is 5. The second-order valence-corrected chi connectivity index (χ2v) is 8.47. The molecular weight excluding hydrogens is 466 g/mol. The van der Waals surface area contributed by atoms with Crippen LogP contribution in [0.2, 0.25) is 0 Å². The van der Waals surface area contributed by atoms with Crippen LogP contribution >= 0.6 is 11.6 Å². The van der Waals surface area contributed by atoms with Gasteiger partial charge in [0, 0.05) is 16.9 Å². The van der Waals surface area contributed by atoms with Gasteiger partial charge in [-0.1, -0.05) is 17.7 Å². The molecule has 35 heavy (non-hydrogen) atoms. The number of ether oxygens (including phenoxy) is 1. The van der Waals surface area contributed by atoms with Gasteiger partial charge in [-0.3, -0.25) is 14.4 Å². The van der Waals surface area contributed by atoms with Gasteiger partial charge in [-0.2, -0.15) is 0 Å². The van der Waals surface area contributed by atoms with Crippen molar-refractivity contribution in [2.45, 2.75) is 20.8 Å². The quantitative estimate of drug-likeness (QED) is 0.434. The molecule has 0 atom stereocenters. The maximum atomic E-state index is 13.0. The summed E-state index contributed by atoms with van der Waals surface area (Å²) in [4.78, 5) is 39.4. The summed E-state index contributed by atoms with van der Waals surface area (Å²) in [5.41, 5.74) is 3.89. The Hall–Kier alpha value is -4.10. The average Bonchev–Trinajstić information content (AvgIpc) is 3.03. The lowest BCUT2D eigenvalue weighted by Crippen LogP contribution is -2.32. The Kier molecular flexibility index (Phi) is 6.89. The highest BCUT2D eigenvalue weighted by Gasteiger charge is 2.39. The topological polar surface area (TPSA) is 87.7 Å². The first-order valence-corrected chi connectivity index (χ1v) is 11.4. The number of hydrogen-bond donors (Lipinski definition) is 2. The van der Waals surface area contributed by atoms with Crippen LogP contribution < -0.4 is 20.3 Å². The van der Waals surface area contributed by atoms with Crippen molar-refractivity contribution in [1.29, 1.82) is 0 Å². The standard InChI is InChI=1S/C27H24ClN3O4/c1-4-35-22-11-9-20(10-12-22)30-25(32)18-5-7-19(8-6-18)29-24-23(28)26(33)31(27(24)34)21-14-16(2)13-17(3)15-21/h5-15,29H,4H2,1-3H3,(H,30,32). The smallest absolute Gasteiger partial charge is 0.283 e. The Morgan fingerprint density at radius 1 is 0.886 bits per heavy atom. The van der Waals surface area contributed by atoms with Crippen molar-refractivity contribution >= 4 is 46.4 Å². The Balaban J connectivity index is 1.45. The van der Waals surface area contributed by atoms with Crippen molar-refractivity contribution in [1.82, 2.24) is 0 Å². The number of imide groups is 1. The Morgan fingerprint density at radius 3 is 2.09 bits per heavy atom. The number of carbonyl (C=O) groups excluding carboxylic acids is 3. The number of amides is 3. The molecule has 0 fully saturated rings. The third-order valence-electron chi connectivity index (χ3n) is 5.33. The van der Waals surface area contributed by atoms with Crippen LogP contribution in [0.5, 0.6) is 5.75 Å².